The molecule has 2 rings (SSSR count). The van der Waals surface area contributed by atoms with Crippen LogP contribution in [0.15, 0.2) is 48.5 Å². The van der Waals surface area contributed by atoms with Gasteiger partial charge < -0.3 is 20.7 Å². The van der Waals surface area contributed by atoms with Gasteiger partial charge in [-0.3, -0.25) is 4.79 Å². The van der Waals surface area contributed by atoms with Gasteiger partial charge in [-0.05, 0) is 48.9 Å². The number of carbonyl (C=O) groups excluding carboxylic acids is 2. The van der Waals surface area contributed by atoms with E-state index in [-0.39, 0.29) is 30.4 Å². The van der Waals surface area contributed by atoms with E-state index in [9.17, 15) is 14.0 Å². The van der Waals surface area contributed by atoms with Gasteiger partial charge in [0.2, 0.25) is 5.91 Å². The molecule has 0 saturated carbocycles. The van der Waals surface area contributed by atoms with Gasteiger partial charge in [0.05, 0.1) is 6.04 Å². The molecule has 6 nitrogen and oxygen atoms in total. The first-order valence-electron chi connectivity index (χ1n) is 7.70. The van der Waals surface area contributed by atoms with Crippen LogP contribution in [0.4, 0.5) is 20.6 Å². The normalized spacial score (nSPS) is 11.5. The Morgan fingerprint density at radius 2 is 1.56 bits per heavy atom. The lowest BCUT2D eigenvalue weighted by Crippen LogP contribution is -2.31. The number of urea groups is 1. The zero-order valence-electron chi connectivity index (χ0n) is 14.0. The van der Waals surface area contributed by atoms with Crippen LogP contribution in [0.3, 0.4) is 0 Å². The molecule has 0 aliphatic rings. The summed E-state index contributed by atoms with van der Waals surface area (Å²) in [6, 6.07) is 12.0. The van der Waals surface area contributed by atoms with Crippen LogP contribution in [0.2, 0.25) is 0 Å². The zero-order valence-corrected chi connectivity index (χ0v) is 14.0. The fraction of sp³-hybridized carbons (Fsp3) is 0.222. The summed E-state index contributed by atoms with van der Waals surface area (Å²) in [6.07, 6.45) is 0. The van der Waals surface area contributed by atoms with E-state index in [0.29, 0.717) is 11.4 Å². The molecule has 0 aliphatic heterocycles. The summed E-state index contributed by atoms with van der Waals surface area (Å²) in [5.74, 6) is -0.577. The van der Waals surface area contributed by atoms with E-state index in [1.807, 2.05) is 0 Å². The van der Waals surface area contributed by atoms with E-state index in [4.69, 9.17) is 4.74 Å². The van der Waals surface area contributed by atoms with Gasteiger partial charge in [0, 0.05) is 18.5 Å². The standard InChI is InChI=1S/C18H20FN3O3/c1-12(13-3-5-14(19)6-4-13)20-18(24)22-16-9-7-15(8-10-16)21-17(23)11-25-2/h3-10,12H,11H2,1-2H3,(H,21,23)(H2,20,22,24)/t12-/m1/s1. The first kappa shape index (κ1) is 18.4. The predicted molar refractivity (Wildman–Crippen MR) is 93.9 cm³/mol. The molecule has 0 saturated heterocycles. The number of ether oxygens (including phenoxy) is 1. The van der Waals surface area contributed by atoms with Crippen molar-refractivity contribution >= 4 is 23.3 Å². The highest BCUT2D eigenvalue weighted by Crippen LogP contribution is 2.15. The predicted octanol–water partition coefficient (Wildman–Crippen LogP) is 3.29. The Morgan fingerprint density at radius 3 is 2.12 bits per heavy atom. The monoisotopic (exact) mass is 345 g/mol. The number of hydrogen-bond acceptors (Lipinski definition) is 3. The third kappa shape index (κ3) is 5.89. The number of amides is 3. The van der Waals surface area contributed by atoms with Gasteiger partial charge in [0.1, 0.15) is 12.4 Å². The van der Waals surface area contributed by atoms with Gasteiger partial charge in [-0.25, -0.2) is 9.18 Å². The molecular formula is C18H20FN3O3. The second-order valence-corrected chi connectivity index (χ2v) is 5.43. The molecule has 1 atom stereocenters. The molecule has 2 aromatic rings. The lowest BCUT2D eigenvalue weighted by atomic mass is 10.1. The molecule has 3 amide bonds. The molecule has 7 heteroatoms. The lowest BCUT2D eigenvalue weighted by Gasteiger charge is -2.15. The van der Waals surface area contributed by atoms with Crippen molar-refractivity contribution in [3.8, 4) is 0 Å². The van der Waals surface area contributed by atoms with E-state index >= 15 is 0 Å². The number of methoxy groups -OCH3 is 1. The summed E-state index contributed by atoms with van der Waals surface area (Å²) in [7, 11) is 1.44. The third-order valence-corrected chi connectivity index (χ3v) is 3.42. The Morgan fingerprint density at radius 1 is 1.00 bits per heavy atom. The van der Waals surface area contributed by atoms with Crippen molar-refractivity contribution in [3.05, 3.63) is 59.9 Å². The molecule has 0 heterocycles. The molecule has 0 aliphatic carbocycles. The fourth-order valence-electron chi connectivity index (χ4n) is 2.16. The van der Waals surface area contributed by atoms with Gasteiger partial charge in [-0.1, -0.05) is 12.1 Å². The smallest absolute Gasteiger partial charge is 0.319 e. The van der Waals surface area contributed by atoms with Gasteiger partial charge in [0.15, 0.2) is 0 Å². The molecule has 25 heavy (non-hydrogen) atoms. The van der Waals surface area contributed by atoms with E-state index < -0.39 is 0 Å². The molecule has 0 aromatic heterocycles. The quantitative estimate of drug-likeness (QED) is 0.752. The summed E-state index contributed by atoms with van der Waals surface area (Å²) in [5.41, 5.74) is 1.98. The maximum absolute atomic E-state index is 12.9. The number of rotatable bonds is 6. The molecule has 132 valence electrons. The topological polar surface area (TPSA) is 79.5 Å². The average Bonchev–Trinajstić information content (AvgIpc) is 2.57. The Bertz CT molecular complexity index is 717. The van der Waals surface area contributed by atoms with Crippen LogP contribution in [0.1, 0.15) is 18.5 Å². The molecule has 0 radical (unpaired) electrons. The van der Waals surface area contributed by atoms with Crippen LogP contribution >= 0.6 is 0 Å². The maximum atomic E-state index is 12.9. The summed E-state index contributed by atoms with van der Waals surface area (Å²) in [4.78, 5) is 23.4. The van der Waals surface area contributed by atoms with Gasteiger partial charge in [0.25, 0.3) is 0 Å². The maximum Gasteiger partial charge on any atom is 0.319 e. The van der Waals surface area contributed by atoms with Crippen molar-refractivity contribution in [2.45, 2.75) is 13.0 Å². The summed E-state index contributed by atoms with van der Waals surface area (Å²) < 4.78 is 17.7. The minimum Gasteiger partial charge on any atom is -0.375 e. The van der Waals surface area contributed by atoms with E-state index in [2.05, 4.69) is 16.0 Å². The second-order valence-electron chi connectivity index (χ2n) is 5.43. The highest BCUT2D eigenvalue weighted by atomic mass is 19.1. The largest absolute Gasteiger partial charge is 0.375 e. The van der Waals surface area contributed by atoms with Crippen LogP contribution in [-0.4, -0.2) is 25.7 Å². The SMILES string of the molecule is COCC(=O)Nc1ccc(NC(=O)N[C@H](C)c2ccc(F)cc2)cc1. The van der Waals surface area contributed by atoms with Crippen molar-refractivity contribution in [2.24, 2.45) is 0 Å². The number of benzene rings is 2. The van der Waals surface area contributed by atoms with Crippen LogP contribution in [0, 0.1) is 5.82 Å². The van der Waals surface area contributed by atoms with Crippen molar-refractivity contribution in [2.75, 3.05) is 24.4 Å². The number of hydrogen-bond donors (Lipinski definition) is 3. The molecule has 0 fully saturated rings. The lowest BCUT2D eigenvalue weighted by molar-refractivity contribution is -0.119. The minimum atomic E-state index is -0.381. The third-order valence-electron chi connectivity index (χ3n) is 3.42. The second kappa shape index (κ2) is 8.79. The molecule has 2 aromatic carbocycles. The Balaban J connectivity index is 1.87. The highest BCUT2D eigenvalue weighted by Gasteiger charge is 2.10. The molecule has 3 N–H and O–H groups in total. The van der Waals surface area contributed by atoms with Crippen molar-refractivity contribution in [1.29, 1.82) is 0 Å². The minimum absolute atomic E-state index is 0.0241. The summed E-state index contributed by atoms with van der Waals surface area (Å²) in [5, 5.41) is 8.13. The highest BCUT2D eigenvalue weighted by molar-refractivity contribution is 5.93. The number of carbonyl (C=O) groups is 2. The van der Waals surface area contributed by atoms with E-state index in [1.165, 1.54) is 19.2 Å². The molecule has 0 unspecified atom stereocenters. The van der Waals surface area contributed by atoms with Crippen molar-refractivity contribution in [1.82, 2.24) is 5.32 Å². The Kier molecular flexibility index (Phi) is 6.47. The van der Waals surface area contributed by atoms with Crippen LogP contribution in [0.25, 0.3) is 0 Å². The molecule has 0 bridgehead atoms. The van der Waals surface area contributed by atoms with Gasteiger partial charge in [-0.2, -0.15) is 0 Å². The summed E-state index contributed by atoms with van der Waals surface area (Å²) >= 11 is 0. The number of anilines is 2. The van der Waals surface area contributed by atoms with Crippen molar-refractivity contribution in [3.63, 3.8) is 0 Å². The molecule has 0 spiro atoms. The zero-order chi connectivity index (χ0) is 18.2. The van der Waals surface area contributed by atoms with Crippen LogP contribution in [0.5, 0.6) is 0 Å². The van der Waals surface area contributed by atoms with Crippen LogP contribution in [-0.2, 0) is 9.53 Å². The average molecular weight is 345 g/mol. The summed E-state index contributed by atoms with van der Waals surface area (Å²) in [6.45, 7) is 1.78. The fourth-order valence-corrected chi connectivity index (χ4v) is 2.16. The van der Waals surface area contributed by atoms with E-state index in [0.717, 1.165) is 5.56 Å². The number of nitrogens with one attached hydrogen (secondary N) is 3. The first-order valence-corrected chi connectivity index (χ1v) is 7.70. The number of halogens is 1. The van der Waals surface area contributed by atoms with Gasteiger partial charge >= 0.3 is 6.03 Å². The Labute approximate surface area is 145 Å². The Hall–Kier alpha value is -2.93. The van der Waals surface area contributed by atoms with Crippen LogP contribution < -0.4 is 16.0 Å². The van der Waals surface area contributed by atoms with E-state index in [1.54, 1.807) is 43.3 Å². The van der Waals surface area contributed by atoms with Crippen molar-refractivity contribution < 1.29 is 18.7 Å². The first-order chi connectivity index (χ1) is 12.0. The molecular weight excluding hydrogens is 325 g/mol. The van der Waals surface area contributed by atoms with Gasteiger partial charge in [-0.15, -0.1) is 0 Å².